The van der Waals surface area contributed by atoms with Gasteiger partial charge in [-0.1, -0.05) is 6.07 Å². The van der Waals surface area contributed by atoms with Crippen LogP contribution in [0, 0.1) is 5.82 Å². The molecule has 1 fully saturated rings. The Bertz CT molecular complexity index is 383. The van der Waals surface area contributed by atoms with Crippen molar-refractivity contribution in [3.05, 3.63) is 35.1 Å². The van der Waals surface area contributed by atoms with Gasteiger partial charge in [-0.2, -0.15) is 13.2 Å². The number of ether oxygens (including phenoxy) is 2. The summed E-state index contributed by atoms with van der Waals surface area (Å²) in [6, 6.07) is 2.29. The van der Waals surface area contributed by atoms with Gasteiger partial charge >= 0.3 is 6.18 Å². The Labute approximate surface area is 88.8 Å². The van der Waals surface area contributed by atoms with Gasteiger partial charge in [-0.3, -0.25) is 0 Å². The van der Waals surface area contributed by atoms with Crippen LogP contribution in [0.1, 0.15) is 17.4 Å². The summed E-state index contributed by atoms with van der Waals surface area (Å²) in [6.07, 6.45) is -5.45. The Morgan fingerprint density at radius 1 is 1.12 bits per heavy atom. The molecule has 1 aromatic carbocycles. The second-order valence-corrected chi connectivity index (χ2v) is 3.31. The van der Waals surface area contributed by atoms with Gasteiger partial charge in [0.05, 0.1) is 18.8 Å². The third-order valence-electron chi connectivity index (χ3n) is 2.20. The molecule has 1 aliphatic rings. The predicted octanol–water partition coefficient (Wildman–Crippen LogP) is 2.89. The van der Waals surface area contributed by atoms with E-state index in [0.717, 1.165) is 12.1 Å². The lowest BCUT2D eigenvalue weighted by Gasteiger charge is -2.12. The molecule has 0 aromatic heterocycles. The molecule has 0 bridgehead atoms. The maximum absolute atomic E-state index is 13.4. The smallest absolute Gasteiger partial charge is 0.346 e. The molecule has 0 N–H and O–H groups in total. The molecule has 0 atom stereocenters. The Kier molecular flexibility index (Phi) is 2.86. The van der Waals surface area contributed by atoms with Crippen LogP contribution in [0.5, 0.6) is 0 Å². The fourth-order valence-corrected chi connectivity index (χ4v) is 1.43. The van der Waals surface area contributed by atoms with Gasteiger partial charge in [-0.25, -0.2) is 4.39 Å². The lowest BCUT2D eigenvalue weighted by atomic mass is 10.1. The summed E-state index contributed by atoms with van der Waals surface area (Å²) >= 11 is 0. The lowest BCUT2D eigenvalue weighted by molar-refractivity contribution is -0.137. The number of hydrogen-bond donors (Lipinski definition) is 0. The van der Waals surface area contributed by atoms with Gasteiger partial charge in [-0.05, 0) is 12.1 Å². The van der Waals surface area contributed by atoms with E-state index in [1.165, 1.54) is 0 Å². The minimum atomic E-state index is -4.54. The average Bonchev–Trinajstić information content (AvgIpc) is 2.69. The first-order chi connectivity index (χ1) is 7.48. The average molecular weight is 236 g/mol. The first kappa shape index (κ1) is 11.3. The minimum Gasteiger partial charge on any atom is -0.346 e. The van der Waals surface area contributed by atoms with Crippen LogP contribution in [0.4, 0.5) is 17.6 Å². The zero-order chi connectivity index (χ0) is 11.8. The highest BCUT2D eigenvalue weighted by Gasteiger charge is 2.32. The molecule has 2 nitrogen and oxygen atoms in total. The third kappa shape index (κ3) is 2.17. The highest BCUT2D eigenvalue weighted by Crippen LogP contribution is 2.33. The van der Waals surface area contributed by atoms with Gasteiger partial charge in [0.25, 0.3) is 0 Å². The predicted molar refractivity (Wildman–Crippen MR) is 46.0 cm³/mol. The molecule has 0 aliphatic carbocycles. The van der Waals surface area contributed by atoms with Crippen molar-refractivity contribution in [1.82, 2.24) is 0 Å². The molecule has 1 heterocycles. The van der Waals surface area contributed by atoms with Crippen molar-refractivity contribution >= 4 is 0 Å². The Morgan fingerprint density at radius 3 is 2.25 bits per heavy atom. The van der Waals surface area contributed by atoms with Crippen molar-refractivity contribution in [2.75, 3.05) is 13.2 Å². The Hall–Kier alpha value is -1.14. The fourth-order valence-electron chi connectivity index (χ4n) is 1.43. The molecule has 0 saturated carbocycles. The zero-order valence-corrected chi connectivity index (χ0v) is 8.05. The monoisotopic (exact) mass is 236 g/mol. The van der Waals surface area contributed by atoms with E-state index in [9.17, 15) is 17.6 Å². The summed E-state index contributed by atoms with van der Waals surface area (Å²) in [5.74, 6) is -0.971. The van der Waals surface area contributed by atoms with Gasteiger partial charge in [0.1, 0.15) is 5.82 Å². The third-order valence-corrected chi connectivity index (χ3v) is 2.20. The maximum atomic E-state index is 13.4. The number of hydrogen-bond acceptors (Lipinski definition) is 2. The van der Waals surface area contributed by atoms with Gasteiger partial charge in [0.15, 0.2) is 6.29 Å². The highest BCUT2D eigenvalue weighted by molar-refractivity contribution is 5.27. The minimum absolute atomic E-state index is 0.00880. The summed E-state index contributed by atoms with van der Waals surface area (Å²) in [5.41, 5.74) is -1.03. The second kappa shape index (κ2) is 4.03. The lowest BCUT2D eigenvalue weighted by Crippen LogP contribution is -2.08. The molecule has 16 heavy (non-hydrogen) atoms. The fraction of sp³-hybridized carbons (Fsp3) is 0.400. The summed E-state index contributed by atoms with van der Waals surface area (Å²) in [4.78, 5) is 0. The van der Waals surface area contributed by atoms with Crippen molar-refractivity contribution in [3.8, 4) is 0 Å². The number of halogens is 4. The first-order valence-electron chi connectivity index (χ1n) is 4.58. The summed E-state index contributed by atoms with van der Waals surface area (Å²) < 4.78 is 60.1. The van der Waals surface area contributed by atoms with Crippen LogP contribution in [0.3, 0.4) is 0 Å². The summed E-state index contributed by atoms with van der Waals surface area (Å²) in [5, 5.41) is 0. The molecule has 1 saturated heterocycles. The van der Waals surface area contributed by atoms with Crippen LogP contribution in [-0.4, -0.2) is 13.2 Å². The largest absolute Gasteiger partial charge is 0.416 e. The Balaban J connectivity index is 2.29. The molecule has 6 heteroatoms. The van der Waals surface area contributed by atoms with Crippen LogP contribution < -0.4 is 0 Å². The van der Waals surface area contributed by atoms with Crippen molar-refractivity contribution in [2.45, 2.75) is 12.5 Å². The normalized spacial score (nSPS) is 18.0. The van der Waals surface area contributed by atoms with Crippen molar-refractivity contribution in [2.24, 2.45) is 0 Å². The van der Waals surface area contributed by atoms with E-state index in [0.29, 0.717) is 19.3 Å². The SMILES string of the molecule is Fc1cc(C(F)(F)F)ccc1C1OCCO1. The van der Waals surface area contributed by atoms with E-state index in [2.05, 4.69) is 0 Å². The number of benzene rings is 1. The standard InChI is InChI=1S/C10H8F4O2/c11-8-5-6(10(12,13)14)1-2-7(8)9-15-3-4-16-9/h1-2,5,9H,3-4H2. The second-order valence-electron chi connectivity index (χ2n) is 3.31. The molecule has 1 aliphatic heterocycles. The van der Waals surface area contributed by atoms with E-state index in [1.54, 1.807) is 0 Å². The topological polar surface area (TPSA) is 18.5 Å². The maximum Gasteiger partial charge on any atom is 0.416 e. The molecular formula is C10H8F4O2. The van der Waals surface area contributed by atoms with Crippen LogP contribution in [0.15, 0.2) is 18.2 Å². The quantitative estimate of drug-likeness (QED) is 0.698. The van der Waals surface area contributed by atoms with Crippen molar-refractivity contribution in [3.63, 3.8) is 0 Å². The van der Waals surface area contributed by atoms with Gasteiger partial charge in [-0.15, -0.1) is 0 Å². The van der Waals surface area contributed by atoms with E-state index in [4.69, 9.17) is 9.47 Å². The molecule has 1 aromatic rings. The van der Waals surface area contributed by atoms with E-state index >= 15 is 0 Å². The van der Waals surface area contributed by atoms with Crippen LogP contribution in [-0.2, 0) is 15.7 Å². The summed E-state index contributed by atoms with van der Waals surface area (Å²) in [7, 11) is 0. The van der Waals surface area contributed by atoms with Crippen molar-refractivity contribution in [1.29, 1.82) is 0 Å². The first-order valence-corrected chi connectivity index (χ1v) is 4.58. The highest BCUT2D eigenvalue weighted by atomic mass is 19.4. The van der Waals surface area contributed by atoms with Crippen LogP contribution in [0.25, 0.3) is 0 Å². The molecule has 2 rings (SSSR count). The molecule has 0 radical (unpaired) electrons. The number of rotatable bonds is 1. The molecule has 0 amide bonds. The van der Waals surface area contributed by atoms with E-state index in [-0.39, 0.29) is 5.56 Å². The van der Waals surface area contributed by atoms with Crippen molar-refractivity contribution < 1.29 is 27.0 Å². The molecular weight excluding hydrogens is 228 g/mol. The van der Waals surface area contributed by atoms with Gasteiger partial charge in [0.2, 0.25) is 0 Å². The van der Waals surface area contributed by atoms with Crippen LogP contribution >= 0.6 is 0 Å². The molecule has 88 valence electrons. The molecule has 0 unspecified atom stereocenters. The van der Waals surface area contributed by atoms with E-state index in [1.807, 2.05) is 0 Å². The van der Waals surface area contributed by atoms with Gasteiger partial charge < -0.3 is 9.47 Å². The van der Waals surface area contributed by atoms with Gasteiger partial charge in [0, 0.05) is 5.56 Å². The zero-order valence-electron chi connectivity index (χ0n) is 8.05. The number of alkyl halides is 3. The van der Waals surface area contributed by atoms with E-state index < -0.39 is 23.8 Å². The Morgan fingerprint density at radius 2 is 1.75 bits per heavy atom. The summed E-state index contributed by atoms with van der Waals surface area (Å²) in [6.45, 7) is 0.621. The van der Waals surface area contributed by atoms with Crippen LogP contribution in [0.2, 0.25) is 0 Å². The molecule has 0 spiro atoms.